The largest absolute Gasteiger partial charge is 0.480 e. The molecule has 0 amide bonds. The van der Waals surface area contributed by atoms with E-state index in [9.17, 15) is 0 Å². The van der Waals surface area contributed by atoms with Gasteiger partial charge >= 0.3 is 0 Å². The van der Waals surface area contributed by atoms with Crippen LogP contribution in [0.1, 0.15) is 51.6 Å². The minimum atomic E-state index is -0.0576. The fourth-order valence-corrected chi connectivity index (χ4v) is 2.95. The first kappa shape index (κ1) is 15.8. The highest BCUT2D eigenvalue weighted by Gasteiger charge is 2.27. The Bertz CT molecular complexity index is 668. The Kier molecular flexibility index (Phi) is 4.24. The molecule has 0 saturated heterocycles. The zero-order valence-corrected chi connectivity index (χ0v) is 14.2. The SMILES string of the molecule is COc1cncc(Nc2cc([C@H]3C[CH]CC3)n(C(C)(C)C)n2)n1. The van der Waals surface area contributed by atoms with Crippen LogP contribution in [0.5, 0.6) is 5.88 Å². The number of ether oxygens (including phenoxy) is 1. The second kappa shape index (κ2) is 6.18. The number of nitrogens with zero attached hydrogens (tertiary/aromatic N) is 4. The van der Waals surface area contributed by atoms with Gasteiger partial charge < -0.3 is 10.1 Å². The van der Waals surface area contributed by atoms with E-state index in [0.717, 1.165) is 12.2 Å². The lowest BCUT2D eigenvalue weighted by atomic mass is 10.0. The van der Waals surface area contributed by atoms with Crippen LogP contribution in [0.4, 0.5) is 11.6 Å². The highest BCUT2D eigenvalue weighted by molar-refractivity contribution is 5.52. The number of hydrogen-bond donors (Lipinski definition) is 1. The van der Waals surface area contributed by atoms with E-state index in [1.54, 1.807) is 19.5 Å². The van der Waals surface area contributed by atoms with Crippen molar-refractivity contribution in [2.75, 3.05) is 12.4 Å². The number of hydrogen-bond acceptors (Lipinski definition) is 5. The maximum absolute atomic E-state index is 5.11. The molecule has 1 saturated carbocycles. The molecule has 1 aliphatic carbocycles. The highest BCUT2D eigenvalue weighted by Crippen LogP contribution is 2.36. The Morgan fingerprint density at radius 2 is 2.09 bits per heavy atom. The van der Waals surface area contributed by atoms with Crippen LogP contribution >= 0.6 is 0 Å². The quantitative estimate of drug-likeness (QED) is 0.933. The van der Waals surface area contributed by atoms with Gasteiger partial charge in [0, 0.05) is 17.7 Å². The van der Waals surface area contributed by atoms with E-state index in [4.69, 9.17) is 9.84 Å². The van der Waals surface area contributed by atoms with E-state index in [2.05, 4.69) is 53.2 Å². The third kappa shape index (κ3) is 3.46. The van der Waals surface area contributed by atoms with E-state index in [1.165, 1.54) is 18.5 Å². The summed E-state index contributed by atoms with van der Waals surface area (Å²) >= 11 is 0. The Morgan fingerprint density at radius 3 is 2.74 bits per heavy atom. The summed E-state index contributed by atoms with van der Waals surface area (Å²) in [5.74, 6) is 2.46. The summed E-state index contributed by atoms with van der Waals surface area (Å²) in [5.41, 5.74) is 1.22. The van der Waals surface area contributed by atoms with Crippen molar-refractivity contribution in [3.8, 4) is 5.88 Å². The minimum absolute atomic E-state index is 0.0576. The molecule has 1 fully saturated rings. The van der Waals surface area contributed by atoms with Gasteiger partial charge in [-0.1, -0.05) is 0 Å². The van der Waals surface area contributed by atoms with Crippen molar-refractivity contribution in [2.24, 2.45) is 0 Å². The van der Waals surface area contributed by atoms with Crippen LogP contribution in [0.3, 0.4) is 0 Å². The second-order valence-electron chi connectivity index (χ2n) is 6.91. The molecule has 1 atom stereocenters. The van der Waals surface area contributed by atoms with Crippen LogP contribution in [0.25, 0.3) is 0 Å². The van der Waals surface area contributed by atoms with Crippen LogP contribution in [0.2, 0.25) is 0 Å². The lowest BCUT2D eigenvalue weighted by Crippen LogP contribution is -2.26. The smallest absolute Gasteiger partial charge is 0.233 e. The van der Waals surface area contributed by atoms with Gasteiger partial charge in [-0.3, -0.25) is 9.67 Å². The molecule has 6 heteroatoms. The molecule has 1 N–H and O–H groups in total. The summed E-state index contributed by atoms with van der Waals surface area (Å²) in [7, 11) is 1.58. The van der Waals surface area contributed by atoms with Gasteiger partial charge in [-0.25, -0.2) is 0 Å². The van der Waals surface area contributed by atoms with Crippen LogP contribution in [-0.4, -0.2) is 26.9 Å². The maximum Gasteiger partial charge on any atom is 0.233 e. The van der Waals surface area contributed by atoms with Gasteiger partial charge in [-0.15, -0.1) is 0 Å². The molecule has 23 heavy (non-hydrogen) atoms. The molecule has 0 unspecified atom stereocenters. The summed E-state index contributed by atoms with van der Waals surface area (Å²) in [6.07, 6.45) is 9.12. The zero-order chi connectivity index (χ0) is 16.4. The third-order valence-corrected chi connectivity index (χ3v) is 4.04. The van der Waals surface area contributed by atoms with Gasteiger partial charge in [-0.2, -0.15) is 10.1 Å². The third-order valence-electron chi connectivity index (χ3n) is 4.04. The van der Waals surface area contributed by atoms with Crippen LogP contribution in [0, 0.1) is 6.42 Å². The molecule has 2 heterocycles. The normalized spacial score (nSPS) is 15.8. The molecule has 1 aliphatic rings. The molecule has 0 aromatic carbocycles. The van der Waals surface area contributed by atoms with Gasteiger partial charge in [0.25, 0.3) is 0 Å². The molecule has 1 radical (unpaired) electrons. The van der Waals surface area contributed by atoms with Crippen molar-refractivity contribution in [2.45, 2.75) is 51.5 Å². The van der Waals surface area contributed by atoms with Crippen LogP contribution in [0.15, 0.2) is 18.5 Å². The molecule has 123 valence electrons. The van der Waals surface area contributed by atoms with Gasteiger partial charge in [0.2, 0.25) is 5.88 Å². The van der Waals surface area contributed by atoms with Crippen molar-refractivity contribution in [3.05, 3.63) is 30.6 Å². The average molecular weight is 314 g/mol. The Labute approximate surface area is 137 Å². The molecule has 0 spiro atoms. The summed E-state index contributed by atoms with van der Waals surface area (Å²) in [4.78, 5) is 8.45. The van der Waals surface area contributed by atoms with E-state index >= 15 is 0 Å². The second-order valence-corrected chi connectivity index (χ2v) is 6.91. The number of nitrogens with one attached hydrogen (secondary N) is 1. The monoisotopic (exact) mass is 314 g/mol. The fraction of sp³-hybridized carbons (Fsp3) is 0.529. The topological polar surface area (TPSA) is 64.9 Å². The molecular weight excluding hydrogens is 290 g/mol. The molecule has 6 nitrogen and oxygen atoms in total. The van der Waals surface area contributed by atoms with Crippen molar-refractivity contribution >= 4 is 11.6 Å². The van der Waals surface area contributed by atoms with E-state index in [1.807, 2.05) is 0 Å². The first-order valence-corrected chi connectivity index (χ1v) is 8.02. The number of methoxy groups -OCH3 is 1. The predicted molar refractivity (Wildman–Crippen MR) is 90.0 cm³/mol. The van der Waals surface area contributed by atoms with Gasteiger partial charge in [0.15, 0.2) is 11.6 Å². The molecule has 0 bridgehead atoms. The summed E-state index contributed by atoms with van der Waals surface area (Å²) < 4.78 is 7.25. The average Bonchev–Trinajstić information content (AvgIpc) is 3.15. The maximum atomic E-state index is 5.11. The van der Waals surface area contributed by atoms with Gasteiger partial charge in [0.05, 0.1) is 25.0 Å². The standard InChI is InChI=1S/C17H24N5O/c1-17(2,3)22-13(12-7-5-6-8-12)9-14(21-22)19-15-10-18-11-16(20-15)23-4/h5,9-12H,6-8H2,1-4H3,(H,19,20,21)/t12-/m0/s1. The molecule has 2 aromatic heterocycles. The number of aromatic nitrogens is 4. The van der Waals surface area contributed by atoms with Crippen molar-refractivity contribution < 1.29 is 4.74 Å². The van der Waals surface area contributed by atoms with Gasteiger partial charge in [-0.05, 0) is 46.5 Å². The Balaban J connectivity index is 1.90. The Morgan fingerprint density at radius 1 is 1.26 bits per heavy atom. The van der Waals surface area contributed by atoms with E-state index < -0.39 is 0 Å². The molecular formula is C17H24N5O. The van der Waals surface area contributed by atoms with E-state index in [-0.39, 0.29) is 5.54 Å². The fourth-order valence-electron chi connectivity index (χ4n) is 2.95. The summed E-state index contributed by atoms with van der Waals surface area (Å²) in [6, 6.07) is 2.14. The number of rotatable bonds is 4. The zero-order valence-electron chi connectivity index (χ0n) is 14.2. The highest BCUT2D eigenvalue weighted by atomic mass is 16.5. The predicted octanol–water partition coefficient (Wildman–Crippen LogP) is 3.65. The first-order chi connectivity index (χ1) is 11.0. The molecule has 0 aliphatic heterocycles. The van der Waals surface area contributed by atoms with Gasteiger partial charge in [0.1, 0.15) is 0 Å². The van der Waals surface area contributed by atoms with Crippen molar-refractivity contribution in [3.63, 3.8) is 0 Å². The lowest BCUT2D eigenvalue weighted by Gasteiger charge is -2.24. The lowest BCUT2D eigenvalue weighted by molar-refractivity contribution is 0.336. The summed E-state index contributed by atoms with van der Waals surface area (Å²) in [6.45, 7) is 6.53. The van der Waals surface area contributed by atoms with Crippen LogP contribution < -0.4 is 10.1 Å². The Hall–Kier alpha value is -2.11. The molecule has 2 aromatic rings. The number of anilines is 2. The van der Waals surface area contributed by atoms with Crippen molar-refractivity contribution in [1.82, 2.24) is 19.7 Å². The van der Waals surface area contributed by atoms with Crippen LogP contribution in [-0.2, 0) is 5.54 Å². The first-order valence-electron chi connectivity index (χ1n) is 8.02. The summed E-state index contributed by atoms with van der Waals surface area (Å²) in [5, 5.41) is 8.00. The van der Waals surface area contributed by atoms with E-state index in [0.29, 0.717) is 17.6 Å². The molecule has 3 rings (SSSR count). The minimum Gasteiger partial charge on any atom is -0.480 e. The van der Waals surface area contributed by atoms with Crippen molar-refractivity contribution in [1.29, 1.82) is 0 Å².